The lowest BCUT2D eigenvalue weighted by atomic mass is 10.1. The van der Waals surface area contributed by atoms with E-state index in [2.05, 4.69) is 89.0 Å². The Kier molecular flexibility index (Phi) is 7.96. The molecule has 0 bridgehead atoms. The zero-order valence-corrected chi connectivity index (χ0v) is 22.6. The molecule has 3 heterocycles. The fourth-order valence-electron chi connectivity index (χ4n) is 4.14. The van der Waals surface area contributed by atoms with Gasteiger partial charge in [-0.05, 0) is 73.9 Å². The van der Waals surface area contributed by atoms with Crippen molar-refractivity contribution in [2.45, 2.75) is 92.9 Å². The fourth-order valence-corrected chi connectivity index (χ4v) is 4.14. The van der Waals surface area contributed by atoms with Crippen molar-refractivity contribution in [1.82, 2.24) is 14.3 Å². The van der Waals surface area contributed by atoms with E-state index in [-0.39, 0.29) is 0 Å². The second kappa shape index (κ2) is 10.5. The molecule has 0 amide bonds. The smallest absolute Gasteiger partial charge is 0.0867 e. The lowest BCUT2D eigenvalue weighted by Crippen LogP contribution is -2.12. The summed E-state index contributed by atoms with van der Waals surface area (Å²) in [4.78, 5) is 4.94. The molecule has 0 radical (unpaired) electrons. The third-order valence-electron chi connectivity index (χ3n) is 6.18. The van der Waals surface area contributed by atoms with Crippen molar-refractivity contribution in [2.75, 3.05) is 0 Å². The highest BCUT2D eigenvalue weighted by atomic mass is 15.4. The zero-order chi connectivity index (χ0) is 25.2. The molecule has 5 nitrogen and oxygen atoms in total. The van der Waals surface area contributed by atoms with Gasteiger partial charge < -0.3 is 0 Å². The summed E-state index contributed by atoms with van der Waals surface area (Å²) in [6, 6.07) is 14.8. The van der Waals surface area contributed by atoms with Crippen LogP contribution in [0.4, 0.5) is 0 Å². The summed E-state index contributed by atoms with van der Waals surface area (Å²) in [5.74, 6) is 1.57. The van der Waals surface area contributed by atoms with Gasteiger partial charge in [0.15, 0.2) is 0 Å². The molecule has 0 aliphatic heterocycles. The van der Waals surface area contributed by atoms with Crippen molar-refractivity contribution in [2.24, 2.45) is 10.2 Å². The number of aromatic nitrogens is 3. The van der Waals surface area contributed by atoms with E-state index in [0.29, 0.717) is 23.7 Å². The van der Waals surface area contributed by atoms with Gasteiger partial charge in [-0.2, -0.15) is 10.2 Å². The fraction of sp³-hybridized carbons (Fsp3) is 0.483. The first-order valence-corrected chi connectivity index (χ1v) is 12.5. The van der Waals surface area contributed by atoms with E-state index in [1.807, 2.05) is 32.0 Å². The highest BCUT2D eigenvalue weighted by molar-refractivity contribution is 6.00. The van der Waals surface area contributed by atoms with Gasteiger partial charge >= 0.3 is 0 Å². The first-order chi connectivity index (χ1) is 16.0. The van der Waals surface area contributed by atoms with E-state index in [1.54, 1.807) is 0 Å². The predicted molar refractivity (Wildman–Crippen MR) is 145 cm³/mol. The molecule has 0 fully saturated rings. The van der Waals surface area contributed by atoms with E-state index in [1.165, 1.54) is 22.8 Å². The third-order valence-corrected chi connectivity index (χ3v) is 6.18. The molecule has 0 saturated carbocycles. The van der Waals surface area contributed by atoms with E-state index in [0.717, 1.165) is 22.8 Å². The lowest BCUT2D eigenvalue weighted by molar-refractivity contribution is 0.664. The van der Waals surface area contributed by atoms with E-state index in [4.69, 9.17) is 15.2 Å². The van der Waals surface area contributed by atoms with Crippen molar-refractivity contribution < 1.29 is 0 Å². The van der Waals surface area contributed by atoms with Crippen molar-refractivity contribution in [3.05, 3.63) is 76.6 Å². The highest BCUT2D eigenvalue weighted by Crippen LogP contribution is 2.25. The minimum Gasteiger partial charge on any atom is -0.245 e. The van der Waals surface area contributed by atoms with Crippen LogP contribution in [0, 0.1) is 0 Å². The molecule has 0 aromatic carbocycles. The van der Waals surface area contributed by atoms with Gasteiger partial charge in [0, 0.05) is 22.8 Å². The van der Waals surface area contributed by atoms with Crippen molar-refractivity contribution in [1.29, 1.82) is 0 Å². The van der Waals surface area contributed by atoms with Crippen LogP contribution in [0.2, 0.25) is 0 Å². The summed E-state index contributed by atoms with van der Waals surface area (Å²) >= 11 is 0. The maximum Gasteiger partial charge on any atom is 0.0867 e. The minimum absolute atomic E-state index is 0.393. The molecule has 3 aromatic rings. The Labute approximate surface area is 205 Å². The van der Waals surface area contributed by atoms with Crippen LogP contribution in [0.5, 0.6) is 0 Å². The van der Waals surface area contributed by atoms with Gasteiger partial charge in [-0.3, -0.25) is 0 Å². The van der Waals surface area contributed by atoms with Gasteiger partial charge in [0.1, 0.15) is 0 Å². The average molecular weight is 460 g/mol. The van der Waals surface area contributed by atoms with Crippen LogP contribution in [-0.4, -0.2) is 25.8 Å². The monoisotopic (exact) mass is 459 g/mol. The molecule has 0 aliphatic carbocycles. The predicted octanol–water partition coefficient (Wildman–Crippen LogP) is 7.72. The minimum atomic E-state index is 0.393. The van der Waals surface area contributed by atoms with Gasteiger partial charge in [-0.25, -0.2) is 14.3 Å². The van der Waals surface area contributed by atoms with E-state index in [9.17, 15) is 0 Å². The summed E-state index contributed by atoms with van der Waals surface area (Å²) in [7, 11) is 0. The molecule has 5 heteroatoms. The van der Waals surface area contributed by atoms with E-state index >= 15 is 0 Å². The van der Waals surface area contributed by atoms with Crippen LogP contribution in [0.1, 0.15) is 127 Å². The Morgan fingerprint density at radius 1 is 0.559 bits per heavy atom. The number of hydrogen-bond acceptors (Lipinski definition) is 3. The molecule has 34 heavy (non-hydrogen) atoms. The SMILES string of the molecule is CC(=Nn1c(C(C)C)ccc1C(C)C)c1cccc(C(C)=Nn2c(C(C)C)ccc2C(C)C)n1. The summed E-state index contributed by atoms with van der Waals surface area (Å²) < 4.78 is 4.20. The van der Waals surface area contributed by atoms with Crippen molar-refractivity contribution in [3.63, 3.8) is 0 Å². The molecular weight excluding hydrogens is 418 g/mol. The topological polar surface area (TPSA) is 47.5 Å². The Morgan fingerprint density at radius 2 is 0.853 bits per heavy atom. The van der Waals surface area contributed by atoms with Crippen LogP contribution >= 0.6 is 0 Å². The molecule has 0 unspecified atom stereocenters. The van der Waals surface area contributed by atoms with E-state index < -0.39 is 0 Å². The Balaban J connectivity index is 2.03. The quantitative estimate of drug-likeness (QED) is 0.318. The largest absolute Gasteiger partial charge is 0.245 e. The van der Waals surface area contributed by atoms with Crippen LogP contribution in [0.15, 0.2) is 52.7 Å². The van der Waals surface area contributed by atoms with Crippen molar-refractivity contribution in [3.8, 4) is 0 Å². The highest BCUT2D eigenvalue weighted by Gasteiger charge is 2.16. The molecule has 182 valence electrons. The average Bonchev–Trinajstić information content (AvgIpc) is 3.38. The van der Waals surface area contributed by atoms with Crippen LogP contribution in [-0.2, 0) is 0 Å². The number of hydrogen-bond donors (Lipinski definition) is 0. The Morgan fingerprint density at radius 3 is 1.12 bits per heavy atom. The second-order valence-corrected chi connectivity index (χ2v) is 10.4. The summed E-state index contributed by atoms with van der Waals surface area (Å²) in [6.07, 6.45) is 0. The molecule has 0 spiro atoms. The molecule has 0 aliphatic rings. The Hall–Kier alpha value is -2.95. The summed E-state index contributed by atoms with van der Waals surface area (Å²) in [6.45, 7) is 21.7. The molecule has 0 saturated heterocycles. The van der Waals surface area contributed by atoms with Crippen LogP contribution < -0.4 is 0 Å². The van der Waals surface area contributed by atoms with Gasteiger partial charge in [-0.1, -0.05) is 61.5 Å². The molecular formula is C29H41N5. The molecule has 0 atom stereocenters. The molecule has 3 aromatic heterocycles. The number of rotatable bonds is 8. The second-order valence-electron chi connectivity index (χ2n) is 10.4. The maximum absolute atomic E-state index is 5.01. The van der Waals surface area contributed by atoms with Gasteiger partial charge in [0.2, 0.25) is 0 Å². The van der Waals surface area contributed by atoms with Gasteiger partial charge in [0.25, 0.3) is 0 Å². The third kappa shape index (κ3) is 5.40. The van der Waals surface area contributed by atoms with Crippen molar-refractivity contribution >= 4 is 11.4 Å². The standard InChI is InChI=1S/C29H41N5/c1-18(2)26-14-15-27(19(3)4)33(26)31-22(9)24-12-11-13-25(30-24)23(10)32-34-28(20(5)6)16-17-29(34)21(7)8/h11-21H,1-10H3. The molecule has 0 N–H and O–H groups in total. The van der Waals surface area contributed by atoms with Crippen LogP contribution in [0.3, 0.4) is 0 Å². The first-order valence-electron chi connectivity index (χ1n) is 12.5. The zero-order valence-electron chi connectivity index (χ0n) is 22.6. The van der Waals surface area contributed by atoms with Gasteiger partial charge in [0.05, 0.1) is 22.8 Å². The summed E-state index contributed by atoms with van der Waals surface area (Å²) in [5.41, 5.74) is 8.37. The lowest BCUT2D eigenvalue weighted by Gasteiger charge is -2.15. The number of pyridine rings is 1. The maximum atomic E-state index is 5.01. The summed E-state index contributed by atoms with van der Waals surface area (Å²) in [5, 5.41) is 10.0. The Bertz CT molecular complexity index is 1040. The normalized spacial score (nSPS) is 13.2. The first kappa shape index (κ1) is 25.7. The van der Waals surface area contributed by atoms with Gasteiger partial charge in [-0.15, -0.1) is 0 Å². The molecule has 3 rings (SSSR count). The van der Waals surface area contributed by atoms with Crippen LogP contribution in [0.25, 0.3) is 0 Å². The number of nitrogens with zero attached hydrogens (tertiary/aromatic N) is 5.